The van der Waals surface area contributed by atoms with Crippen molar-refractivity contribution in [2.45, 2.75) is 11.8 Å². The minimum atomic E-state index is -4.78. The van der Waals surface area contributed by atoms with Crippen LogP contribution in [0, 0.1) is 17.0 Å². The first-order valence-electron chi connectivity index (χ1n) is 5.12. The molecule has 0 radical (unpaired) electrons. The Hall–Kier alpha value is -2.14. The van der Waals surface area contributed by atoms with Gasteiger partial charge in [-0.15, -0.1) is 0 Å². The van der Waals surface area contributed by atoms with E-state index in [1.807, 2.05) is 0 Å². The summed E-state index contributed by atoms with van der Waals surface area (Å²) in [5, 5.41) is 10.8. The van der Waals surface area contributed by atoms with Crippen LogP contribution in [0.2, 0.25) is 0 Å². The van der Waals surface area contributed by atoms with E-state index in [4.69, 9.17) is 0 Å². The van der Waals surface area contributed by atoms with Gasteiger partial charge >= 0.3 is 10.2 Å². The average molecular weight is 335 g/mol. The standard InChI is InChI=1S/C9H9N3O7S2/c1-7-3-4-8(5-9(7)12(14)15)20(16,17)11(2)21(18,19)10-6-13/h3-5H,1-2H3. The van der Waals surface area contributed by atoms with Crippen LogP contribution >= 0.6 is 0 Å². The maximum absolute atomic E-state index is 12.1. The Morgan fingerprint density at radius 3 is 2.33 bits per heavy atom. The van der Waals surface area contributed by atoms with E-state index < -0.39 is 35.7 Å². The van der Waals surface area contributed by atoms with Gasteiger partial charge in [0.1, 0.15) is 0 Å². The van der Waals surface area contributed by atoms with Crippen molar-refractivity contribution in [3.05, 3.63) is 33.9 Å². The van der Waals surface area contributed by atoms with E-state index in [1.165, 1.54) is 6.92 Å². The average Bonchev–Trinajstić information content (AvgIpc) is 2.37. The molecule has 0 N–H and O–H groups in total. The predicted molar refractivity (Wildman–Crippen MR) is 69.8 cm³/mol. The van der Waals surface area contributed by atoms with Crippen molar-refractivity contribution < 1.29 is 26.6 Å². The number of isocyanates is 1. The van der Waals surface area contributed by atoms with Gasteiger partial charge < -0.3 is 0 Å². The number of hydrogen-bond donors (Lipinski definition) is 0. The SMILES string of the molecule is Cc1ccc(S(=O)(=O)N(C)S(=O)(=O)N=C=O)cc1[N+](=O)[O-]. The number of benzene rings is 1. The van der Waals surface area contributed by atoms with E-state index in [9.17, 15) is 31.7 Å². The smallest absolute Gasteiger partial charge is 0.258 e. The van der Waals surface area contributed by atoms with Crippen LogP contribution in [0.25, 0.3) is 0 Å². The molecule has 0 amide bonds. The lowest BCUT2D eigenvalue weighted by molar-refractivity contribution is -0.385. The lowest BCUT2D eigenvalue weighted by atomic mass is 10.2. The van der Waals surface area contributed by atoms with Gasteiger partial charge in [0, 0.05) is 18.7 Å². The van der Waals surface area contributed by atoms with Crippen LogP contribution in [0.4, 0.5) is 5.69 Å². The third-order valence-corrected chi connectivity index (χ3v) is 6.13. The van der Waals surface area contributed by atoms with E-state index in [2.05, 4.69) is 4.40 Å². The summed E-state index contributed by atoms with van der Waals surface area (Å²) in [4.78, 5) is 19.4. The highest BCUT2D eigenvalue weighted by molar-refractivity contribution is 8.03. The molecule has 0 spiro atoms. The van der Waals surface area contributed by atoms with Gasteiger partial charge in [0.25, 0.3) is 21.8 Å². The highest BCUT2D eigenvalue weighted by Gasteiger charge is 2.32. The Labute approximate surface area is 120 Å². The van der Waals surface area contributed by atoms with Crippen LogP contribution in [0.1, 0.15) is 5.56 Å². The quantitative estimate of drug-likeness (QED) is 0.321. The van der Waals surface area contributed by atoms with Crippen LogP contribution in [0.5, 0.6) is 0 Å². The van der Waals surface area contributed by atoms with Crippen molar-refractivity contribution in [2.75, 3.05) is 7.05 Å². The molecule has 0 heterocycles. The monoisotopic (exact) mass is 335 g/mol. The lowest BCUT2D eigenvalue weighted by Gasteiger charge is -2.13. The molecule has 0 aromatic heterocycles. The van der Waals surface area contributed by atoms with Crippen LogP contribution < -0.4 is 0 Å². The van der Waals surface area contributed by atoms with E-state index in [1.54, 1.807) is 0 Å². The Morgan fingerprint density at radius 2 is 1.86 bits per heavy atom. The third kappa shape index (κ3) is 3.31. The minimum absolute atomic E-state index is 0.167. The molecule has 10 nitrogen and oxygen atoms in total. The Bertz CT molecular complexity index is 838. The normalized spacial score (nSPS) is 12.0. The number of nitrogens with zero attached hydrogens (tertiary/aromatic N) is 3. The number of nitro benzene ring substituents is 1. The highest BCUT2D eigenvalue weighted by atomic mass is 32.3. The zero-order chi connectivity index (χ0) is 16.4. The molecule has 1 aromatic rings. The third-order valence-electron chi connectivity index (χ3n) is 2.49. The summed E-state index contributed by atoms with van der Waals surface area (Å²) in [6, 6.07) is 2.89. The first kappa shape index (κ1) is 16.9. The summed E-state index contributed by atoms with van der Waals surface area (Å²) in [6.45, 7) is 1.39. The molecule has 12 heteroatoms. The Morgan fingerprint density at radius 1 is 1.29 bits per heavy atom. The van der Waals surface area contributed by atoms with Crippen LogP contribution in [-0.2, 0) is 25.0 Å². The summed E-state index contributed by atoms with van der Waals surface area (Å²) in [6.07, 6.45) is 0.724. The number of rotatable bonds is 5. The molecule has 0 saturated carbocycles. The summed E-state index contributed by atoms with van der Waals surface area (Å²) in [7, 11) is -8.76. The van der Waals surface area contributed by atoms with Crippen molar-refractivity contribution >= 4 is 32.0 Å². The van der Waals surface area contributed by atoms with Crippen molar-refractivity contribution in [2.24, 2.45) is 4.40 Å². The zero-order valence-corrected chi connectivity index (χ0v) is 12.4. The highest BCUT2D eigenvalue weighted by Crippen LogP contribution is 2.25. The van der Waals surface area contributed by atoms with Gasteiger partial charge in [-0.3, -0.25) is 10.1 Å². The minimum Gasteiger partial charge on any atom is -0.258 e. The van der Waals surface area contributed by atoms with Gasteiger partial charge in [-0.1, -0.05) is 14.2 Å². The Kier molecular flexibility index (Phi) is 4.59. The van der Waals surface area contributed by atoms with Gasteiger partial charge in [0.2, 0.25) is 0 Å². The number of carbonyl (C=O) groups excluding carboxylic acids is 1. The molecule has 0 bridgehead atoms. The molecule has 0 aliphatic rings. The van der Waals surface area contributed by atoms with Gasteiger partial charge in [-0.2, -0.15) is 8.42 Å². The fourth-order valence-electron chi connectivity index (χ4n) is 1.32. The molecule has 0 fully saturated rings. The van der Waals surface area contributed by atoms with E-state index in [0.29, 0.717) is 7.05 Å². The van der Waals surface area contributed by atoms with Crippen LogP contribution in [0.3, 0.4) is 0 Å². The fraction of sp³-hybridized carbons (Fsp3) is 0.222. The van der Waals surface area contributed by atoms with E-state index in [-0.39, 0.29) is 9.27 Å². The summed E-state index contributed by atoms with van der Waals surface area (Å²) in [5.74, 6) is 0. The maximum Gasteiger partial charge on any atom is 0.345 e. The largest absolute Gasteiger partial charge is 0.345 e. The van der Waals surface area contributed by atoms with Gasteiger partial charge in [0.15, 0.2) is 0 Å². The second kappa shape index (κ2) is 5.69. The molecule has 21 heavy (non-hydrogen) atoms. The molecular formula is C9H9N3O7S2. The zero-order valence-electron chi connectivity index (χ0n) is 10.7. The van der Waals surface area contributed by atoms with E-state index >= 15 is 0 Å². The van der Waals surface area contributed by atoms with Crippen molar-refractivity contribution in [1.29, 1.82) is 0 Å². The molecule has 0 saturated heterocycles. The van der Waals surface area contributed by atoms with Gasteiger partial charge in [-0.25, -0.2) is 13.2 Å². The van der Waals surface area contributed by atoms with Crippen molar-refractivity contribution in [3.8, 4) is 0 Å². The van der Waals surface area contributed by atoms with Crippen LogP contribution in [0.15, 0.2) is 27.5 Å². The molecule has 1 aromatic carbocycles. The summed E-state index contributed by atoms with van der Waals surface area (Å²) in [5.41, 5.74) is -0.281. The second-order valence-electron chi connectivity index (χ2n) is 3.75. The Balaban J connectivity index is 3.49. The molecule has 1 rings (SSSR count). The number of sulfonamides is 1. The summed E-state index contributed by atoms with van der Waals surface area (Å²) >= 11 is 0. The molecular weight excluding hydrogens is 326 g/mol. The van der Waals surface area contributed by atoms with Crippen molar-refractivity contribution in [3.63, 3.8) is 0 Å². The molecule has 0 unspecified atom stereocenters. The fourth-order valence-corrected chi connectivity index (χ4v) is 3.68. The number of aryl methyl sites for hydroxylation is 1. The predicted octanol–water partition coefficient (Wildman–Crippen LogP) is 0.104. The summed E-state index contributed by atoms with van der Waals surface area (Å²) < 4.78 is 49.2. The van der Waals surface area contributed by atoms with Crippen LogP contribution in [-0.4, -0.2) is 38.6 Å². The second-order valence-corrected chi connectivity index (χ2v) is 7.58. The van der Waals surface area contributed by atoms with Gasteiger partial charge in [-0.05, 0) is 13.0 Å². The van der Waals surface area contributed by atoms with Crippen molar-refractivity contribution in [1.82, 2.24) is 3.71 Å². The number of nitro groups is 1. The first-order valence-corrected chi connectivity index (χ1v) is 7.96. The van der Waals surface area contributed by atoms with E-state index in [0.717, 1.165) is 24.3 Å². The van der Waals surface area contributed by atoms with Gasteiger partial charge in [0.05, 0.1) is 9.82 Å². The number of hydrogen-bond acceptors (Lipinski definition) is 7. The lowest BCUT2D eigenvalue weighted by Crippen LogP contribution is -2.31. The molecule has 0 atom stereocenters. The topological polar surface area (TPSA) is 144 Å². The first-order chi connectivity index (χ1) is 9.54. The molecule has 0 aliphatic carbocycles. The molecule has 0 aliphatic heterocycles. The molecule has 114 valence electrons. The maximum atomic E-state index is 12.1.